The molecule has 0 bridgehead atoms. The summed E-state index contributed by atoms with van der Waals surface area (Å²) < 4.78 is 0. The zero-order valence-electron chi connectivity index (χ0n) is 8.62. The summed E-state index contributed by atoms with van der Waals surface area (Å²) >= 11 is 0. The van der Waals surface area contributed by atoms with Crippen LogP contribution >= 0.6 is 0 Å². The van der Waals surface area contributed by atoms with Gasteiger partial charge in [0.05, 0.1) is 5.92 Å². The van der Waals surface area contributed by atoms with Crippen LogP contribution in [0.1, 0.15) is 20.3 Å². The number of hydrogen-bond donors (Lipinski definition) is 3. The van der Waals surface area contributed by atoms with Crippen molar-refractivity contribution >= 4 is 11.9 Å². The third-order valence-electron chi connectivity index (χ3n) is 2.22. The number of carboxylic acids is 1. The van der Waals surface area contributed by atoms with E-state index in [4.69, 9.17) is 10.8 Å². The van der Waals surface area contributed by atoms with Gasteiger partial charge in [0.1, 0.15) is 0 Å². The fourth-order valence-electron chi connectivity index (χ4n) is 1.28. The summed E-state index contributed by atoms with van der Waals surface area (Å²) in [7, 11) is 0. The molecule has 0 fully saturated rings. The van der Waals surface area contributed by atoms with Crippen LogP contribution in [0.25, 0.3) is 0 Å². The van der Waals surface area contributed by atoms with Crippen LogP contribution in [0.5, 0.6) is 0 Å². The van der Waals surface area contributed by atoms with Crippen LogP contribution in [0, 0.1) is 11.8 Å². The minimum Gasteiger partial charge on any atom is -0.481 e. The topological polar surface area (TPSA) is 92.4 Å². The van der Waals surface area contributed by atoms with Gasteiger partial charge in [-0.3, -0.25) is 9.59 Å². The van der Waals surface area contributed by atoms with Gasteiger partial charge in [-0.1, -0.05) is 13.8 Å². The molecule has 4 N–H and O–H groups in total. The van der Waals surface area contributed by atoms with E-state index < -0.39 is 17.8 Å². The monoisotopic (exact) mass is 202 g/mol. The third kappa shape index (κ3) is 3.74. The zero-order valence-corrected chi connectivity index (χ0v) is 8.62. The largest absolute Gasteiger partial charge is 0.481 e. The van der Waals surface area contributed by atoms with Gasteiger partial charge in [0.2, 0.25) is 5.91 Å². The normalized spacial score (nSPS) is 14.5. The molecule has 2 unspecified atom stereocenters. The molecule has 0 saturated carbocycles. The number of rotatable bonds is 6. The molecule has 0 heterocycles. The van der Waals surface area contributed by atoms with Gasteiger partial charge in [-0.25, -0.2) is 0 Å². The van der Waals surface area contributed by atoms with Crippen LogP contribution in [-0.2, 0) is 9.59 Å². The second-order valence-electron chi connectivity index (χ2n) is 3.22. The molecular formula is C9H18N2O3. The van der Waals surface area contributed by atoms with Crippen LogP contribution in [0.15, 0.2) is 0 Å². The Morgan fingerprint density at radius 3 is 2.43 bits per heavy atom. The molecule has 5 heteroatoms. The van der Waals surface area contributed by atoms with Gasteiger partial charge in [-0.2, -0.15) is 0 Å². The predicted octanol–water partition coefficient (Wildman–Crippen LogP) is -0.192. The molecule has 0 spiro atoms. The quantitative estimate of drug-likeness (QED) is 0.556. The van der Waals surface area contributed by atoms with Crippen molar-refractivity contribution in [3.05, 3.63) is 0 Å². The Morgan fingerprint density at radius 2 is 2.07 bits per heavy atom. The van der Waals surface area contributed by atoms with Gasteiger partial charge < -0.3 is 16.2 Å². The molecule has 0 aliphatic heterocycles. The lowest BCUT2D eigenvalue weighted by Crippen LogP contribution is -2.38. The maximum atomic E-state index is 11.4. The van der Waals surface area contributed by atoms with Gasteiger partial charge >= 0.3 is 5.97 Å². The molecule has 0 radical (unpaired) electrons. The number of hydrogen-bond acceptors (Lipinski definition) is 3. The molecule has 1 amide bonds. The number of carbonyl (C=O) groups is 2. The molecule has 0 aromatic carbocycles. The van der Waals surface area contributed by atoms with E-state index in [1.54, 1.807) is 13.8 Å². The van der Waals surface area contributed by atoms with Gasteiger partial charge in [0.15, 0.2) is 0 Å². The summed E-state index contributed by atoms with van der Waals surface area (Å²) in [6.45, 7) is 4.13. The van der Waals surface area contributed by atoms with Crippen LogP contribution in [-0.4, -0.2) is 30.1 Å². The maximum absolute atomic E-state index is 11.4. The standard InChI is InChI=1S/C9H18N2O3/c1-3-7(9(13)14)6(2)8(12)11-5-4-10/h6-7H,3-5,10H2,1-2H3,(H,11,12)(H,13,14). The lowest BCUT2D eigenvalue weighted by molar-refractivity contribution is -0.146. The molecule has 0 rings (SSSR count). The Kier molecular flexibility index (Phi) is 5.87. The molecule has 82 valence electrons. The van der Waals surface area contributed by atoms with E-state index in [1.165, 1.54) is 0 Å². The van der Waals surface area contributed by atoms with E-state index in [0.29, 0.717) is 19.5 Å². The average Bonchev–Trinajstić information content (AvgIpc) is 2.14. The van der Waals surface area contributed by atoms with Gasteiger partial charge in [0, 0.05) is 19.0 Å². The molecular weight excluding hydrogens is 184 g/mol. The van der Waals surface area contributed by atoms with E-state index in [1.807, 2.05) is 0 Å². The molecule has 0 aliphatic carbocycles. The highest BCUT2D eigenvalue weighted by Crippen LogP contribution is 2.15. The fourth-order valence-corrected chi connectivity index (χ4v) is 1.28. The van der Waals surface area contributed by atoms with Crippen molar-refractivity contribution in [1.82, 2.24) is 5.32 Å². The van der Waals surface area contributed by atoms with Gasteiger partial charge in [0.25, 0.3) is 0 Å². The van der Waals surface area contributed by atoms with Crippen LogP contribution in [0.3, 0.4) is 0 Å². The summed E-state index contributed by atoms with van der Waals surface area (Å²) in [6, 6.07) is 0. The summed E-state index contributed by atoms with van der Waals surface area (Å²) in [5, 5.41) is 11.4. The second kappa shape index (κ2) is 6.37. The van der Waals surface area contributed by atoms with E-state index >= 15 is 0 Å². The lowest BCUT2D eigenvalue weighted by atomic mass is 9.91. The number of nitrogens with two attached hydrogens (primary N) is 1. The fraction of sp³-hybridized carbons (Fsp3) is 0.778. The van der Waals surface area contributed by atoms with Crippen molar-refractivity contribution in [3.63, 3.8) is 0 Å². The highest BCUT2D eigenvalue weighted by atomic mass is 16.4. The first-order valence-corrected chi connectivity index (χ1v) is 4.75. The third-order valence-corrected chi connectivity index (χ3v) is 2.22. The molecule has 0 aliphatic rings. The Hall–Kier alpha value is -1.10. The molecule has 0 saturated heterocycles. The number of nitrogens with one attached hydrogen (secondary N) is 1. The highest BCUT2D eigenvalue weighted by molar-refractivity contribution is 5.84. The summed E-state index contributed by atoms with van der Waals surface area (Å²) in [5.74, 6) is -2.30. The Bertz CT molecular complexity index is 206. The molecule has 0 aromatic heterocycles. The highest BCUT2D eigenvalue weighted by Gasteiger charge is 2.27. The van der Waals surface area contributed by atoms with Crippen molar-refractivity contribution in [2.24, 2.45) is 17.6 Å². The molecule has 14 heavy (non-hydrogen) atoms. The number of carbonyl (C=O) groups excluding carboxylic acids is 1. The van der Waals surface area contributed by atoms with Crippen molar-refractivity contribution in [1.29, 1.82) is 0 Å². The smallest absolute Gasteiger partial charge is 0.307 e. The Balaban J connectivity index is 4.20. The van der Waals surface area contributed by atoms with Crippen LogP contribution < -0.4 is 11.1 Å². The Labute approximate surface area is 83.7 Å². The number of carboxylic acid groups (broad SMARTS) is 1. The minimum absolute atomic E-state index is 0.246. The molecule has 0 aromatic rings. The van der Waals surface area contributed by atoms with Gasteiger partial charge in [-0.15, -0.1) is 0 Å². The Morgan fingerprint density at radius 1 is 1.50 bits per heavy atom. The lowest BCUT2D eigenvalue weighted by Gasteiger charge is -2.17. The first-order chi connectivity index (χ1) is 6.54. The summed E-state index contributed by atoms with van der Waals surface area (Å²) in [6.07, 6.45) is 0.451. The summed E-state index contributed by atoms with van der Waals surface area (Å²) in [5.41, 5.74) is 5.21. The van der Waals surface area contributed by atoms with E-state index in [9.17, 15) is 9.59 Å². The number of aliphatic carboxylic acids is 1. The van der Waals surface area contributed by atoms with Crippen molar-refractivity contribution in [2.75, 3.05) is 13.1 Å². The van der Waals surface area contributed by atoms with E-state index in [-0.39, 0.29) is 5.91 Å². The SMILES string of the molecule is CCC(C(=O)O)C(C)C(=O)NCCN. The first-order valence-electron chi connectivity index (χ1n) is 4.75. The predicted molar refractivity (Wildman–Crippen MR) is 52.6 cm³/mol. The van der Waals surface area contributed by atoms with Gasteiger partial charge in [-0.05, 0) is 6.42 Å². The second-order valence-corrected chi connectivity index (χ2v) is 3.22. The molecule has 2 atom stereocenters. The van der Waals surface area contributed by atoms with Crippen molar-refractivity contribution in [2.45, 2.75) is 20.3 Å². The minimum atomic E-state index is -0.928. The van der Waals surface area contributed by atoms with Crippen LogP contribution in [0.2, 0.25) is 0 Å². The molecule has 5 nitrogen and oxygen atoms in total. The van der Waals surface area contributed by atoms with Crippen LogP contribution in [0.4, 0.5) is 0 Å². The van der Waals surface area contributed by atoms with E-state index in [2.05, 4.69) is 5.32 Å². The number of amides is 1. The average molecular weight is 202 g/mol. The zero-order chi connectivity index (χ0) is 11.1. The summed E-state index contributed by atoms with van der Waals surface area (Å²) in [4.78, 5) is 22.1. The maximum Gasteiger partial charge on any atom is 0.307 e. The van der Waals surface area contributed by atoms with E-state index in [0.717, 1.165) is 0 Å². The first kappa shape index (κ1) is 12.9. The van der Waals surface area contributed by atoms with Crippen molar-refractivity contribution < 1.29 is 14.7 Å². The van der Waals surface area contributed by atoms with Crippen molar-refractivity contribution in [3.8, 4) is 0 Å².